The molecule has 0 saturated heterocycles. The molecule has 0 saturated carbocycles. The van der Waals surface area contributed by atoms with Crippen LogP contribution in [0.5, 0.6) is 6.01 Å². The van der Waals surface area contributed by atoms with Gasteiger partial charge in [-0.3, -0.25) is 9.36 Å². The van der Waals surface area contributed by atoms with E-state index < -0.39 is 6.01 Å². The van der Waals surface area contributed by atoms with Gasteiger partial charge in [0.05, 0.1) is 11.1 Å². The minimum atomic E-state index is -0.594. The molecule has 0 fully saturated rings. The third kappa shape index (κ3) is 1.76. The first-order chi connectivity index (χ1) is 10.8. The van der Waals surface area contributed by atoms with E-state index in [9.17, 15) is 9.90 Å². The van der Waals surface area contributed by atoms with E-state index >= 15 is 0 Å². The van der Waals surface area contributed by atoms with E-state index in [0.717, 1.165) is 15.3 Å². The normalized spacial score (nSPS) is 11.1. The van der Waals surface area contributed by atoms with Crippen molar-refractivity contribution in [3.05, 3.63) is 77.2 Å². The fourth-order valence-electron chi connectivity index (χ4n) is 2.64. The first-order valence-corrected chi connectivity index (χ1v) is 6.84. The van der Waals surface area contributed by atoms with Crippen LogP contribution in [0.4, 0.5) is 0 Å². The van der Waals surface area contributed by atoms with Crippen molar-refractivity contribution in [2.45, 2.75) is 0 Å². The molecular formula is C17H11N3O2. The second kappa shape index (κ2) is 4.66. The van der Waals surface area contributed by atoms with Gasteiger partial charge < -0.3 is 5.11 Å². The predicted octanol–water partition coefficient (Wildman–Crippen LogP) is 1.20. The summed E-state index contributed by atoms with van der Waals surface area (Å²) in [4.78, 5) is 12.9. The monoisotopic (exact) mass is 289 g/mol. The minimum absolute atomic E-state index is 0.372. The van der Waals surface area contributed by atoms with Gasteiger partial charge in [0.25, 0.3) is 0 Å². The zero-order valence-electron chi connectivity index (χ0n) is 11.5. The molecule has 0 N–H and O–H groups in total. The van der Waals surface area contributed by atoms with Crippen molar-refractivity contribution in [1.82, 2.24) is 9.67 Å². The van der Waals surface area contributed by atoms with Crippen molar-refractivity contribution >= 4 is 16.3 Å². The molecule has 2 aromatic heterocycles. The second-order valence-electron chi connectivity index (χ2n) is 4.95. The summed E-state index contributed by atoms with van der Waals surface area (Å²) in [5.74, 6) is 0. The number of nitrogens with zero attached hydrogens (tertiary/aromatic N) is 3. The molecule has 0 bridgehead atoms. The molecule has 0 aliphatic carbocycles. The predicted molar refractivity (Wildman–Crippen MR) is 79.9 cm³/mol. The molecule has 2 heterocycles. The standard InChI is InChI=1S/C17H11N3O2/c21-16-15-14-9-5-4-6-12(14)10-11-19(15)18-17(22)20(16)13-7-2-1-3-8-13/h1-11H. The third-order valence-electron chi connectivity index (χ3n) is 3.64. The van der Waals surface area contributed by atoms with Gasteiger partial charge in [0.1, 0.15) is 6.01 Å². The molecule has 0 atom stereocenters. The Morgan fingerprint density at radius 1 is 0.955 bits per heavy atom. The minimum Gasteiger partial charge on any atom is -0.841 e. The summed E-state index contributed by atoms with van der Waals surface area (Å²) in [6.07, 6.45) is 1.63. The largest absolute Gasteiger partial charge is 0.841 e. The number of hydrogen-bond acceptors (Lipinski definition) is 3. The molecule has 106 valence electrons. The average molecular weight is 289 g/mol. The summed E-state index contributed by atoms with van der Waals surface area (Å²) >= 11 is 0. The highest BCUT2D eigenvalue weighted by Crippen LogP contribution is 2.15. The lowest BCUT2D eigenvalue weighted by atomic mass is 10.1. The van der Waals surface area contributed by atoms with Crippen molar-refractivity contribution in [3.63, 3.8) is 0 Å². The Hall–Kier alpha value is -3.21. The molecule has 0 aliphatic rings. The van der Waals surface area contributed by atoms with Gasteiger partial charge in [-0.05, 0) is 28.1 Å². The van der Waals surface area contributed by atoms with E-state index in [1.54, 1.807) is 30.5 Å². The van der Waals surface area contributed by atoms with Gasteiger partial charge in [-0.2, -0.15) is 0 Å². The Morgan fingerprint density at radius 2 is 1.68 bits per heavy atom. The molecule has 0 radical (unpaired) electrons. The highest BCUT2D eigenvalue weighted by Gasteiger charge is 2.17. The van der Waals surface area contributed by atoms with E-state index in [0.29, 0.717) is 11.2 Å². The molecule has 0 aliphatic heterocycles. The highest BCUT2D eigenvalue weighted by molar-refractivity contribution is 5.93. The molecule has 5 nitrogen and oxygen atoms in total. The van der Waals surface area contributed by atoms with Crippen LogP contribution < -0.4 is 15.2 Å². The van der Waals surface area contributed by atoms with Crippen LogP contribution in [0.25, 0.3) is 22.0 Å². The Labute approximate surface area is 125 Å². The Bertz CT molecular complexity index is 1060. The van der Waals surface area contributed by atoms with E-state index in [1.807, 2.05) is 36.4 Å². The van der Waals surface area contributed by atoms with Gasteiger partial charge in [0.2, 0.25) is 6.20 Å². The number of benzene rings is 2. The van der Waals surface area contributed by atoms with Gasteiger partial charge in [-0.1, -0.05) is 36.4 Å². The van der Waals surface area contributed by atoms with Gasteiger partial charge in [0, 0.05) is 11.2 Å². The lowest BCUT2D eigenvalue weighted by molar-refractivity contribution is -0.589. The van der Waals surface area contributed by atoms with E-state index in [4.69, 9.17) is 0 Å². The lowest BCUT2D eigenvalue weighted by Gasteiger charge is -2.12. The van der Waals surface area contributed by atoms with Crippen LogP contribution in [0, 0.1) is 0 Å². The van der Waals surface area contributed by atoms with Crippen molar-refractivity contribution in [3.8, 4) is 11.7 Å². The fourth-order valence-corrected chi connectivity index (χ4v) is 2.64. The molecule has 0 amide bonds. The number of para-hydroxylation sites is 1. The molecule has 22 heavy (non-hydrogen) atoms. The SMILES string of the molecule is O=c1c2c3ccccc3cc[n+]2nc([O-])n1-c1ccccc1. The summed E-state index contributed by atoms with van der Waals surface area (Å²) < 4.78 is 2.45. The second-order valence-corrected chi connectivity index (χ2v) is 4.95. The maximum absolute atomic E-state index is 12.9. The molecule has 4 rings (SSSR count). The van der Waals surface area contributed by atoms with Crippen LogP contribution in [0.15, 0.2) is 71.7 Å². The number of pyridine rings is 1. The Balaban J connectivity index is 2.20. The van der Waals surface area contributed by atoms with E-state index in [2.05, 4.69) is 5.10 Å². The van der Waals surface area contributed by atoms with Gasteiger partial charge in [-0.15, -0.1) is 0 Å². The van der Waals surface area contributed by atoms with Crippen LogP contribution in [0.1, 0.15) is 0 Å². The zero-order valence-corrected chi connectivity index (χ0v) is 11.5. The molecule has 0 unspecified atom stereocenters. The summed E-state index contributed by atoms with van der Waals surface area (Å²) in [5, 5.41) is 17.9. The lowest BCUT2D eigenvalue weighted by Crippen LogP contribution is -2.39. The Morgan fingerprint density at radius 3 is 2.50 bits per heavy atom. The third-order valence-corrected chi connectivity index (χ3v) is 3.64. The van der Waals surface area contributed by atoms with Crippen molar-refractivity contribution in [2.24, 2.45) is 0 Å². The smallest absolute Gasteiger partial charge is 0.331 e. The van der Waals surface area contributed by atoms with Crippen LogP contribution in [0.3, 0.4) is 0 Å². The van der Waals surface area contributed by atoms with Crippen LogP contribution >= 0.6 is 0 Å². The summed E-state index contributed by atoms with van der Waals surface area (Å²) in [7, 11) is 0. The molecule has 0 spiro atoms. The number of fused-ring (bicyclic) bond motifs is 3. The van der Waals surface area contributed by atoms with Crippen molar-refractivity contribution < 1.29 is 9.62 Å². The molecular weight excluding hydrogens is 278 g/mol. The molecule has 2 aromatic carbocycles. The number of aromatic nitrogens is 3. The number of hydrogen-bond donors (Lipinski definition) is 0. The summed E-state index contributed by atoms with van der Waals surface area (Å²) in [5.41, 5.74) is 0.532. The van der Waals surface area contributed by atoms with Gasteiger partial charge >= 0.3 is 11.1 Å². The quantitative estimate of drug-likeness (QED) is 0.391. The summed E-state index contributed by atoms with van der Waals surface area (Å²) in [6, 6.07) is 17.6. The van der Waals surface area contributed by atoms with Crippen molar-refractivity contribution in [1.29, 1.82) is 0 Å². The fraction of sp³-hybridized carbons (Fsp3) is 0. The maximum atomic E-state index is 12.9. The van der Waals surface area contributed by atoms with E-state index in [1.165, 1.54) is 4.52 Å². The van der Waals surface area contributed by atoms with Crippen LogP contribution in [-0.2, 0) is 0 Å². The topological polar surface area (TPSA) is 62.1 Å². The first kappa shape index (κ1) is 12.5. The van der Waals surface area contributed by atoms with E-state index in [-0.39, 0.29) is 5.56 Å². The maximum Gasteiger partial charge on any atom is 0.331 e. The molecule has 4 aromatic rings. The zero-order chi connectivity index (χ0) is 15.1. The van der Waals surface area contributed by atoms with Gasteiger partial charge in [-0.25, -0.2) is 0 Å². The summed E-state index contributed by atoms with van der Waals surface area (Å²) in [6.45, 7) is 0. The number of rotatable bonds is 1. The molecule has 5 heteroatoms. The first-order valence-electron chi connectivity index (χ1n) is 6.84. The average Bonchev–Trinajstić information content (AvgIpc) is 2.55. The van der Waals surface area contributed by atoms with Crippen LogP contribution in [-0.4, -0.2) is 9.67 Å². The Kier molecular flexibility index (Phi) is 2.66. The van der Waals surface area contributed by atoms with Gasteiger partial charge in [0.15, 0.2) is 0 Å². The highest BCUT2D eigenvalue weighted by atomic mass is 16.3. The van der Waals surface area contributed by atoms with Crippen molar-refractivity contribution in [2.75, 3.05) is 0 Å². The van der Waals surface area contributed by atoms with Crippen LogP contribution in [0.2, 0.25) is 0 Å².